The van der Waals surface area contributed by atoms with Crippen molar-refractivity contribution in [2.75, 3.05) is 7.11 Å². The Morgan fingerprint density at radius 1 is 1.04 bits per heavy atom. The molecule has 0 saturated carbocycles. The van der Waals surface area contributed by atoms with E-state index in [9.17, 15) is 9.18 Å². The highest BCUT2D eigenvalue weighted by Crippen LogP contribution is 2.23. The molecule has 5 heteroatoms. The molecule has 0 fully saturated rings. The lowest BCUT2D eigenvalue weighted by Gasteiger charge is -2.24. The van der Waals surface area contributed by atoms with Crippen molar-refractivity contribution >= 4 is 5.91 Å². The van der Waals surface area contributed by atoms with E-state index in [0.29, 0.717) is 18.8 Å². The summed E-state index contributed by atoms with van der Waals surface area (Å²) in [5.74, 6) is -0.415. The molecule has 2 aromatic carbocycles. The van der Waals surface area contributed by atoms with Gasteiger partial charge in [0.1, 0.15) is 11.6 Å². The Kier molecular flexibility index (Phi) is 6.37. The van der Waals surface area contributed by atoms with Crippen molar-refractivity contribution in [3.05, 3.63) is 95.1 Å². The summed E-state index contributed by atoms with van der Waals surface area (Å²) < 4.78 is 19.1. The second-order valence-corrected chi connectivity index (χ2v) is 6.54. The minimum absolute atomic E-state index is 0.205. The number of carbonyl (C=O) groups is 1. The van der Waals surface area contributed by atoms with E-state index in [4.69, 9.17) is 4.74 Å². The van der Waals surface area contributed by atoms with Crippen molar-refractivity contribution < 1.29 is 13.9 Å². The Morgan fingerprint density at radius 3 is 2.39 bits per heavy atom. The first-order valence-electron chi connectivity index (χ1n) is 9.20. The highest BCUT2D eigenvalue weighted by molar-refractivity contribution is 5.97. The van der Waals surface area contributed by atoms with Crippen LogP contribution in [0, 0.1) is 5.82 Å². The molecule has 0 radical (unpaired) electrons. The number of benzene rings is 2. The van der Waals surface area contributed by atoms with Crippen LogP contribution in [-0.4, -0.2) is 22.9 Å². The molecule has 1 amide bonds. The van der Waals surface area contributed by atoms with Crippen LogP contribution in [0.25, 0.3) is 0 Å². The molecule has 0 spiro atoms. The summed E-state index contributed by atoms with van der Waals surface area (Å²) in [6.07, 6.45) is 4.37. The number of ether oxygens (including phenoxy) is 1. The van der Waals surface area contributed by atoms with Gasteiger partial charge in [-0.3, -0.25) is 9.78 Å². The third kappa shape index (κ3) is 4.74. The standard InChI is InChI=1S/C23H23FN2O2/c1-3-17-6-8-18(9-7-17)15-26(16-19-5-4-12-25-14-19)23(27)21-13-20(24)10-11-22(21)28-2/h4-14H,3,15-16H2,1-2H3. The summed E-state index contributed by atoms with van der Waals surface area (Å²) in [6, 6.07) is 15.9. The topological polar surface area (TPSA) is 42.4 Å². The Morgan fingerprint density at radius 2 is 1.75 bits per heavy atom. The fraction of sp³-hybridized carbons (Fsp3) is 0.217. The molecule has 0 aliphatic heterocycles. The molecule has 0 aliphatic rings. The fourth-order valence-electron chi connectivity index (χ4n) is 3.03. The monoisotopic (exact) mass is 378 g/mol. The zero-order valence-corrected chi connectivity index (χ0v) is 16.1. The summed E-state index contributed by atoms with van der Waals surface area (Å²) >= 11 is 0. The molecular weight excluding hydrogens is 355 g/mol. The molecule has 4 nitrogen and oxygen atoms in total. The van der Waals surface area contributed by atoms with Crippen LogP contribution < -0.4 is 4.74 Å². The zero-order chi connectivity index (χ0) is 19.9. The van der Waals surface area contributed by atoms with E-state index in [0.717, 1.165) is 17.5 Å². The average molecular weight is 378 g/mol. The van der Waals surface area contributed by atoms with Gasteiger partial charge in [0.05, 0.1) is 12.7 Å². The van der Waals surface area contributed by atoms with Crippen molar-refractivity contribution in [1.82, 2.24) is 9.88 Å². The maximum absolute atomic E-state index is 13.8. The average Bonchev–Trinajstić information content (AvgIpc) is 2.74. The number of halogens is 1. The third-order valence-corrected chi connectivity index (χ3v) is 4.58. The van der Waals surface area contributed by atoms with E-state index >= 15 is 0 Å². The van der Waals surface area contributed by atoms with Gasteiger partial charge in [0.2, 0.25) is 0 Å². The number of hydrogen-bond acceptors (Lipinski definition) is 3. The molecule has 1 aromatic heterocycles. The molecule has 0 aliphatic carbocycles. The van der Waals surface area contributed by atoms with Crippen molar-refractivity contribution in [1.29, 1.82) is 0 Å². The van der Waals surface area contributed by atoms with Gasteiger partial charge >= 0.3 is 0 Å². The Labute approximate surface area is 164 Å². The number of aryl methyl sites for hydroxylation is 1. The van der Waals surface area contributed by atoms with E-state index < -0.39 is 5.82 Å². The van der Waals surface area contributed by atoms with Gasteiger partial charge in [-0.05, 0) is 47.4 Å². The molecule has 0 unspecified atom stereocenters. The van der Waals surface area contributed by atoms with Crippen LogP contribution in [0.2, 0.25) is 0 Å². The number of carbonyl (C=O) groups excluding carboxylic acids is 1. The van der Waals surface area contributed by atoms with Crippen LogP contribution in [0.4, 0.5) is 4.39 Å². The maximum Gasteiger partial charge on any atom is 0.258 e. The van der Waals surface area contributed by atoms with Crippen LogP contribution in [0.1, 0.15) is 34.0 Å². The number of methoxy groups -OCH3 is 1. The Balaban J connectivity index is 1.92. The van der Waals surface area contributed by atoms with Crippen molar-refractivity contribution in [3.8, 4) is 5.75 Å². The summed E-state index contributed by atoms with van der Waals surface area (Å²) in [7, 11) is 1.47. The second-order valence-electron chi connectivity index (χ2n) is 6.54. The van der Waals surface area contributed by atoms with E-state index in [2.05, 4.69) is 24.0 Å². The van der Waals surface area contributed by atoms with Gasteiger partial charge in [-0.1, -0.05) is 37.3 Å². The first-order chi connectivity index (χ1) is 13.6. The summed E-state index contributed by atoms with van der Waals surface area (Å²) in [4.78, 5) is 19.1. The quantitative estimate of drug-likeness (QED) is 0.602. The lowest BCUT2D eigenvalue weighted by molar-refractivity contribution is 0.0726. The SMILES string of the molecule is CCc1ccc(CN(Cc2cccnc2)C(=O)c2cc(F)ccc2OC)cc1. The zero-order valence-electron chi connectivity index (χ0n) is 16.1. The molecule has 144 valence electrons. The largest absolute Gasteiger partial charge is 0.496 e. The van der Waals surface area contributed by atoms with Gasteiger partial charge in [0.25, 0.3) is 5.91 Å². The predicted molar refractivity (Wildman–Crippen MR) is 107 cm³/mol. The fourth-order valence-corrected chi connectivity index (χ4v) is 3.03. The van der Waals surface area contributed by atoms with Gasteiger partial charge < -0.3 is 9.64 Å². The van der Waals surface area contributed by atoms with Gasteiger partial charge in [-0.15, -0.1) is 0 Å². The Bertz CT molecular complexity index is 927. The molecular formula is C23H23FN2O2. The lowest BCUT2D eigenvalue weighted by atomic mass is 10.1. The summed E-state index contributed by atoms with van der Waals surface area (Å²) in [5, 5.41) is 0. The van der Waals surface area contributed by atoms with Gasteiger partial charge in [0, 0.05) is 25.5 Å². The highest BCUT2D eigenvalue weighted by Gasteiger charge is 2.21. The van der Waals surface area contributed by atoms with E-state index in [1.54, 1.807) is 17.3 Å². The second kappa shape index (κ2) is 9.13. The van der Waals surface area contributed by atoms with Crippen LogP contribution >= 0.6 is 0 Å². The molecule has 28 heavy (non-hydrogen) atoms. The number of pyridine rings is 1. The van der Waals surface area contributed by atoms with E-state index in [1.807, 2.05) is 24.3 Å². The molecule has 0 N–H and O–H groups in total. The minimum Gasteiger partial charge on any atom is -0.496 e. The van der Waals surface area contributed by atoms with Crippen molar-refractivity contribution in [2.24, 2.45) is 0 Å². The van der Waals surface area contributed by atoms with Gasteiger partial charge in [-0.25, -0.2) is 4.39 Å². The highest BCUT2D eigenvalue weighted by atomic mass is 19.1. The number of amides is 1. The van der Waals surface area contributed by atoms with Crippen molar-refractivity contribution in [3.63, 3.8) is 0 Å². The smallest absolute Gasteiger partial charge is 0.258 e. The summed E-state index contributed by atoms with van der Waals surface area (Å²) in [6.45, 7) is 2.86. The third-order valence-electron chi connectivity index (χ3n) is 4.58. The van der Waals surface area contributed by atoms with Gasteiger partial charge in [-0.2, -0.15) is 0 Å². The first kappa shape index (κ1) is 19.5. The number of nitrogens with zero attached hydrogens (tertiary/aromatic N) is 2. The number of rotatable bonds is 7. The van der Waals surface area contributed by atoms with Crippen LogP contribution in [0.5, 0.6) is 5.75 Å². The van der Waals surface area contributed by atoms with Crippen LogP contribution in [-0.2, 0) is 19.5 Å². The molecule has 3 aromatic rings. The Hall–Kier alpha value is -3.21. The normalized spacial score (nSPS) is 10.5. The molecule has 3 rings (SSSR count). The first-order valence-corrected chi connectivity index (χ1v) is 9.20. The van der Waals surface area contributed by atoms with E-state index in [-0.39, 0.29) is 11.5 Å². The maximum atomic E-state index is 13.8. The van der Waals surface area contributed by atoms with Crippen LogP contribution in [0.3, 0.4) is 0 Å². The van der Waals surface area contributed by atoms with Crippen molar-refractivity contribution in [2.45, 2.75) is 26.4 Å². The lowest BCUT2D eigenvalue weighted by Crippen LogP contribution is -2.30. The molecule has 0 atom stereocenters. The predicted octanol–water partition coefficient (Wildman–Crippen LogP) is 4.63. The van der Waals surface area contributed by atoms with Crippen LogP contribution in [0.15, 0.2) is 67.0 Å². The molecule has 0 saturated heterocycles. The van der Waals surface area contributed by atoms with Gasteiger partial charge in [0.15, 0.2) is 0 Å². The number of aromatic nitrogens is 1. The molecule has 0 bridgehead atoms. The minimum atomic E-state index is -0.474. The number of hydrogen-bond donors (Lipinski definition) is 0. The van der Waals surface area contributed by atoms with E-state index in [1.165, 1.54) is 30.9 Å². The molecule has 1 heterocycles. The summed E-state index contributed by atoms with van der Waals surface area (Å²) in [5.41, 5.74) is 3.35.